The number of benzene rings is 1. The SMILES string of the molecule is O=C(c1ccc(F)cc1C(F)(F)F)C(Br)CBr. The van der Waals surface area contributed by atoms with E-state index < -0.39 is 33.7 Å². The highest BCUT2D eigenvalue weighted by atomic mass is 79.9. The molecule has 0 N–H and O–H groups in total. The highest BCUT2D eigenvalue weighted by Crippen LogP contribution is 2.33. The third-order valence-corrected chi connectivity index (χ3v) is 4.23. The normalized spacial score (nSPS) is 13.5. The van der Waals surface area contributed by atoms with E-state index in [1.54, 1.807) is 0 Å². The summed E-state index contributed by atoms with van der Waals surface area (Å²) in [6, 6.07) is 2.00. The van der Waals surface area contributed by atoms with Gasteiger partial charge in [0, 0.05) is 10.9 Å². The number of Topliss-reactive ketones (excluding diaryl/α,β-unsaturated/α-hetero) is 1. The first-order chi connectivity index (χ1) is 7.77. The minimum Gasteiger partial charge on any atom is -0.293 e. The molecule has 0 amide bonds. The van der Waals surface area contributed by atoms with Crippen LogP contribution in [0, 0.1) is 5.82 Å². The predicted octanol–water partition coefficient (Wildman–Crippen LogP) is 4.19. The molecule has 0 heterocycles. The fourth-order valence-electron chi connectivity index (χ4n) is 1.20. The number of alkyl halides is 5. The van der Waals surface area contributed by atoms with Crippen molar-refractivity contribution in [3.63, 3.8) is 0 Å². The third kappa shape index (κ3) is 3.51. The van der Waals surface area contributed by atoms with Crippen molar-refractivity contribution < 1.29 is 22.4 Å². The Morgan fingerprint density at radius 2 is 1.94 bits per heavy atom. The molecule has 7 heteroatoms. The van der Waals surface area contributed by atoms with E-state index >= 15 is 0 Å². The molecule has 0 saturated heterocycles. The van der Waals surface area contributed by atoms with Gasteiger partial charge in [-0.15, -0.1) is 0 Å². The average molecular weight is 378 g/mol. The maximum absolute atomic E-state index is 12.8. The molecule has 0 radical (unpaired) electrons. The summed E-state index contributed by atoms with van der Waals surface area (Å²) in [7, 11) is 0. The topological polar surface area (TPSA) is 17.1 Å². The first-order valence-electron chi connectivity index (χ1n) is 4.38. The van der Waals surface area contributed by atoms with Crippen molar-refractivity contribution in [3.05, 3.63) is 35.1 Å². The zero-order valence-corrected chi connectivity index (χ0v) is 11.4. The van der Waals surface area contributed by atoms with Crippen molar-refractivity contribution >= 4 is 37.6 Å². The molecule has 17 heavy (non-hydrogen) atoms. The lowest BCUT2D eigenvalue weighted by atomic mass is 10.0. The predicted molar refractivity (Wildman–Crippen MR) is 62.2 cm³/mol. The Labute approximate surface area is 111 Å². The number of hydrogen-bond acceptors (Lipinski definition) is 1. The van der Waals surface area contributed by atoms with Crippen molar-refractivity contribution in [2.75, 3.05) is 5.33 Å². The Balaban J connectivity index is 3.29. The third-order valence-electron chi connectivity index (χ3n) is 1.97. The molecular weight excluding hydrogens is 372 g/mol. The van der Waals surface area contributed by atoms with Crippen LogP contribution >= 0.6 is 31.9 Å². The zero-order chi connectivity index (χ0) is 13.2. The van der Waals surface area contributed by atoms with Crippen molar-refractivity contribution in [1.29, 1.82) is 0 Å². The molecule has 1 aromatic carbocycles. The van der Waals surface area contributed by atoms with Gasteiger partial charge in [0.1, 0.15) is 5.82 Å². The molecule has 1 nitrogen and oxygen atoms in total. The van der Waals surface area contributed by atoms with Gasteiger partial charge in [0.15, 0.2) is 5.78 Å². The molecule has 0 spiro atoms. The van der Waals surface area contributed by atoms with Gasteiger partial charge in [-0.05, 0) is 18.2 Å². The Morgan fingerprint density at radius 3 is 2.41 bits per heavy atom. The molecule has 0 fully saturated rings. The van der Waals surface area contributed by atoms with Gasteiger partial charge in [-0.1, -0.05) is 31.9 Å². The highest BCUT2D eigenvalue weighted by molar-refractivity contribution is 9.12. The average Bonchev–Trinajstić information content (AvgIpc) is 2.25. The summed E-state index contributed by atoms with van der Waals surface area (Å²) >= 11 is 5.92. The van der Waals surface area contributed by atoms with Crippen LogP contribution in [0.2, 0.25) is 0 Å². The number of hydrogen-bond donors (Lipinski definition) is 0. The van der Waals surface area contributed by atoms with E-state index in [1.165, 1.54) is 0 Å². The van der Waals surface area contributed by atoms with Gasteiger partial charge in [-0.3, -0.25) is 4.79 Å². The van der Waals surface area contributed by atoms with Crippen LogP contribution in [0.15, 0.2) is 18.2 Å². The lowest BCUT2D eigenvalue weighted by Crippen LogP contribution is -2.21. The van der Waals surface area contributed by atoms with Crippen LogP contribution in [0.4, 0.5) is 17.6 Å². The van der Waals surface area contributed by atoms with Crippen LogP contribution < -0.4 is 0 Å². The Hall–Kier alpha value is -0.430. The van der Waals surface area contributed by atoms with Gasteiger partial charge in [0.05, 0.1) is 10.4 Å². The second-order valence-electron chi connectivity index (χ2n) is 3.17. The molecule has 0 aliphatic carbocycles. The monoisotopic (exact) mass is 376 g/mol. The first-order valence-corrected chi connectivity index (χ1v) is 6.42. The minimum absolute atomic E-state index is 0.167. The quantitative estimate of drug-likeness (QED) is 0.438. The molecular formula is C10H6Br2F4O. The molecule has 1 rings (SSSR count). The van der Waals surface area contributed by atoms with Gasteiger partial charge in [-0.25, -0.2) is 4.39 Å². The van der Waals surface area contributed by atoms with Crippen molar-refractivity contribution in [2.24, 2.45) is 0 Å². The van der Waals surface area contributed by atoms with E-state index in [-0.39, 0.29) is 5.33 Å². The summed E-state index contributed by atoms with van der Waals surface area (Å²) in [6.45, 7) is 0. The van der Waals surface area contributed by atoms with E-state index in [9.17, 15) is 22.4 Å². The molecule has 0 aliphatic rings. The summed E-state index contributed by atoms with van der Waals surface area (Å²) in [4.78, 5) is 10.9. The summed E-state index contributed by atoms with van der Waals surface area (Å²) in [6.07, 6.45) is -4.76. The fourth-order valence-corrected chi connectivity index (χ4v) is 1.75. The molecule has 94 valence electrons. The number of carbonyl (C=O) groups excluding carboxylic acids is 1. The smallest absolute Gasteiger partial charge is 0.293 e. The second-order valence-corrected chi connectivity index (χ2v) is 4.93. The van der Waals surface area contributed by atoms with E-state index in [0.717, 1.165) is 12.1 Å². The van der Waals surface area contributed by atoms with E-state index in [1.807, 2.05) is 0 Å². The standard InChI is InChI=1S/C10H6Br2F4O/c11-4-8(12)9(17)6-2-1-5(13)3-7(6)10(14,15)16/h1-3,8H,4H2. The van der Waals surface area contributed by atoms with Crippen LogP contribution in [0.3, 0.4) is 0 Å². The van der Waals surface area contributed by atoms with Crippen LogP contribution in [-0.4, -0.2) is 15.9 Å². The molecule has 0 aromatic heterocycles. The van der Waals surface area contributed by atoms with E-state index in [0.29, 0.717) is 6.07 Å². The molecule has 0 bridgehead atoms. The van der Waals surface area contributed by atoms with Gasteiger partial charge < -0.3 is 0 Å². The van der Waals surface area contributed by atoms with Crippen LogP contribution in [-0.2, 0) is 6.18 Å². The molecule has 1 unspecified atom stereocenters. The summed E-state index contributed by atoms with van der Waals surface area (Å²) in [5.41, 5.74) is -1.80. The van der Waals surface area contributed by atoms with E-state index in [4.69, 9.17) is 0 Å². The Morgan fingerprint density at radius 1 is 1.35 bits per heavy atom. The lowest BCUT2D eigenvalue weighted by Gasteiger charge is -2.13. The number of rotatable bonds is 3. The number of halogens is 6. The summed E-state index contributed by atoms with van der Waals surface area (Å²) < 4.78 is 50.6. The van der Waals surface area contributed by atoms with Gasteiger partial charge in [0.25, 0.3) is 0 Å². The molecule has 0 saturated carbocycles. The van der Waals surface area contributed by atoms with E-state index in [2.05, 4.69) is 31.9 Å². The number of ketones is 1. The first kappa shape index (κ1) is 14.6. The van der Waals surface area contributed by atoms with Gasteiger partial charge in [0.2, 0.25) is 0 Å². The fraction of sp³-hybridized carbons (Fsp3) is 0.300. The Kier molecular flexibility index (Phi) is 4.71. The molecule has 1 atom stereocenters. The summed E-state index contributed by atoms with van der Waals surface area (Å²) in [5, 5.41) is 0.167. The van der Waals surface area contributed by atoms with Crippen LogP contribution in [0.1, 0.15) is 15.9 Å². The molecule has 0 aliphatic heterocycles. The lowest BCUT2D eigenvalue weighted by molar-refractivity contribution is -0.138. The minimum atomic E-state index is -4.76. The van der Waals surface area contributed by atoms with Gasteiger partial charge in [-0.2, -0.15) is 13.2 Å². The van der Waals surface area contributed by atoms with Crippen LogP contribution in [0.5, 0.6) is 0 Å². The van der Waals surface area contributed by atoms with Crippen LogP contribution in [0.25, 0.3) is 0 Å². The molecule has 1 aromatic rings. The summed E-state index contributed by atoms with van der Waals surface area (Å²) in [5.74, 6) is -1.77. The maximum Gasteiger partial charge on any atom is 0.417 e. The Bertz CT molecular complexity index is 431. The van der Waals surface area contributed by atoms with Crippen molar-refractivity contribution in [2.45, 2.75) is 11.0 Å². The van der Waals surface area contributed by atoms with Crippen molar-refractivity contribution in [1.82, 2.24) is 0 Å². The number of carbonyl (C=O) groups is 1. The highest BCUT2D eigenvalue weighted by Gasteiger charge is 2.36. The largest absolute Gasteiger partial charge is 0.417 e. The van der Waals surface area contributed by atoms with Crippen molar-refractivity contribution in [3.8, 4) is 0 Å². The maximum atomic E-state index is 12.8. The van der Waals surface area contributed by atoms with Gasteiger partial charge >= 0.3 is 6.18 Å². The second kappa shape index (κ2) is 5.48. The zero-order valence-electron chi connectivity index (χ0n) is 8.19.